The number of piperidine rings is 1. The van der Waals surface area contributed by atoms with Crippen LogP contribution in [0.2, 0.25) is 0 Å². The number of carboxylic acids is 1. The van der Waals surface area contributed by atoms with Crippen LogP contribution in [-0.4, -0.2) is 54.2 Å². The highest BCUT2D eigenvalue weighted by atomic mass is 16.5. The molecule has 3 atom stereocenters. The van der Waals surface area contributed by atoms with E-state index in [1.807, 2.05) is 0 Å². The molecule has 6 heteroatoms. The second kappa shape index (κ2) is 5.69. The zero-order valence-corrected chi connectivity index (χ0v) is 12.2. The summed E-state index contributed by atoms with van der Waals surface area (Å²) in [6.07, 6.45) is 1.69. The Hall–Kier alpha value is -1.14. The van der Waals surface area contributed by atoms with Crippen LogP contribution in [0.3, 0.4) is 0 Å². The van der Waals surface area contributed by atoms with Gasteiger partial charge >= 0.3 is 5.97 Å². The van der Waals surface area contributed by atoms with E-state index in [1.54, 1.807) is 18.7 Å². The molecule has 114 valence electrons. The number of amides is 1. The van der Waals surface area contributed by atoms with E-state index >= 15 is 0 Å². The van der Waals surface area contributed by atoms with Gasteiger partial charge in [-0.05, 0) is 32.6 Å². The van der Waals surface area contributed by atoms with Gasteiger partial charge in [-0.15, -0.1) is 0 Å². The van der Waals surface area contributed by atoms with Gasteiger partial charge in [0.1, 0.15) is 0 Å². The van der Waals surface area contributed by atoms with Gasteiger partial charge < -0.3 is 20.5 Å². The molecule has 6 nitrogen and oxygen atoms in total. The Morgan fingerprint density at radius 3 is 2.60 bits per heavy atom. The van der Waals surface area contributed by atoms with Gasteiger partial charge in [-0.3, -0.25) is 9.59 Å². The second-order valence-corrected chi connectivity index (χ2v) is 6.46. The molecule has 2 heterocycles. The highest BCUT2D eigenvalue weighted by Gasteiger charge is 2.42. The number of rotatable bonds is 3. The Labute approximate surface area is 119 Å². The minimum absolute atomic E-state index is 0.0147. The van der Waals surface area contributed by atoms with E-state index in [2.05, 4.69) is 0 Å². The molecule has 0 saturated carbocycles. The first-order valence-corrected chi connectivity index (χ1v) is 7.19. The predicted molar refractivity (Wildman–Crippen MR) is 73.0 cm³/mol. The predicted octanol–water partition coefficient (Wildman–Crippen LogP) is 0.310. The number of carbonyl (C=O) groups is 2. The molecule has 2 aliphatic heterocycles. The van der Waals surface area contributed by atoms with Crippen LogP contribution < -0.4 is 5.73 Å². The monoisotopic (exact) mass is 284 g/mol. The van der Waals surface area contributed by atoms with Gasteiger partial charge in [0.25, 0.3) is 0 Å². The van der Waals surface area contributed by atoms with Crippen LogP contribution in [0.15, 0.2) is 0 Å². The molecule has 0 radical (unpaired) electrons. The summed E-state index contributed by atoms with van der Waals surface area (Å²) in [7, 11) is 0. The van der Waals surface area contributed by atoms with Crippen LogP contribution >= 0.6 is 0 Å². The van der Waals surface area contributed by atoms with E-state index in [0.717, 1.165) is 12.8 Å². The number of carboxylic acid groups (broad SMARTS) is 1. The Kier molecular flexibility index (Phi) is 4.34. The minimum Gasteiger partial charge on any atom is -0.481 e. The molecule has 0 aliphatic carbocycles. The summed E-state index contributed by atoms with van der Waals surface area (Å²) >= 11 is 0. The van der Waals surface area contributed by atoms with Crippen molar-refractivity contribution in [2.75, 3.05) is 26.3 Å². The number of nitrogens with zero attached hydrogens (tertiary/aromatic N) is 1. The molecule has 1 amide bonds. The minimum atomic E-state index is -0.812. The summed E-state index contributed by atoms with van der Waals surface area (Å²) in [5, 5.41) is 9.33. The first-order chi connectivity index (χ1) is 9.34. The standard InChI is InChI=1S/C14H24N2O4/c1-14(2,13(18)19)9-4-3-5-16(6-9)12(17)10-7-20-8-11(10)15/h9-11H,3-8,15H2,1-2H3,(H,18,19). The molecule has 3 N–H and O–H groups in total. The average Bonchev–Trinajstić information content (AvgIpc) is 2.84. The van der Waals surface area contributed by atoms with E-state index < -0.39 is 11.4 Å². The van der Waals surface area contributed by atoms with Gasteiger partial charge in [0.15, 0.2) is 0 Å². The van der Waals surface area contributed by atoms with Crippen molar-refractivity contribution in [1.82, 2.24) is 4.90 Å². The molecule has 0 aromatic heterocycles. The number of carbonyl (C=O) groups excluding carboxylic acids is 1. The number of likely N-dealkylation sites (tertiary alicyclic amines) is 1. The lowest BCUT2D eigenvalue weighted by Crippen LogP contribution is -2.50. The van der Waals surface area contributed by atoms with Crippen molar-refractivity contribution in [3.63, 3.8) is 0 Å². The second-order valence-electron chi connectivity index (χ2n) is 6.46. The molecule has 2 rings (SSSR count). The summed E-state index contributed by atoms with van der Waals surface area (Å²) in [5.74, 6) is -1.09. The van der Waals surface area contributed by atoms with Crippen molar-refractivity contribution in [1.29, 1.82) is 0 Å². The van der Waals surface area contributed by atoms with E-state index in [-0.39, 0.29) is 23.8 Å². The van der Waals surface area contributed by atoms with Crippen molar-refractivity contribution in [3.8, 4) is 0 Å². The third-order valence-corrected chi connectivity index (χ3v) is 4.75. The number of hydrogen-bond acceptors (Lipinski definition) is 4. The van der Waals surface area contributed by atoms with E-state index in [4.69, 9.17) is 10.5 Å². The van der Waals surface area contributed by atoms with Crippen molar-refractivity contribution in [3.05, 3.63) is 0 Å². The molecule has 0 aromatic rings. The van der Waals surface area contributed by atoms with Crippen LogP contribution in [0.4, 0.5) is 0 Å². The molecule has 2 aliphatic rings. The number of nitrogens with two attached hydrogens (primary N) is 1. The largest absolute Gasteiger partial charge is 0.481 e. The smallest absolute Gasteiger partial charge is 0.309 e. The molecule has 20 heavy (non-hydrogen) atoms. The highest BCUT2D eigenvalue weighted by Crippen LogP contribution is 2.34. The van der Waals surface area contributed by atoms with Crippen LogP contribution in [0.25, 0.3) is 0 Å². The van der Waals surface area contributed by atoms with Crippen LogP contribution in [-0.2, 0) is 14.3 Å². The zero-order chi connectivity index (χ0) is 14.9. The fraction of sp³-hybridized carbons (Fsp3) is 0.857. The summed E-state index contributed by atoms with van der Waals surface area (Å²) in [5.41, 5.74) is 5.08. The fourth-order valence-corrected chi connectivity index (χ4v) is 3.00. The molecule has 0 spiro atoms. The van der Waals surface area contributed by atoms with Gasteiger partial charge in [-0.25, -0.2) is 0 Å². The van der Waals surface area contributed by atoms with Crippen molar-refractivity contribution < 1.29 is 19.4 Å². The molecular weight excluding hydrogens is 260 g/mol. The summed E-state index contributed by atoms with van der Waals surface area (Å²) < 4.78 is 5.25. The van der Waals surface area contributed by atoms with Crippen LogP contribution in [0.1, 0.15) is 26.7 Å². The van der Waals surface area contributed by atoms with E-state index in [9.17, 15) is 14.7 Å². The lowest BCUT2D eigenvalue weighted by atomic mass is 9.74. The lowest BCUT2D eigenvalue weighted by Gasteiger charge is -2.40. The van der Waals surface area contributed by atoms with Gasteiger partial charge in [0, 0.05) is 19.1 Å². The maximum absolute atomic E-state index is 12.5. The van der Waals surface area contributed by atoms with Crippen LogP contribution in [0, 0.1) is 17.3 Å². The zero-order valence-electron chi connectivity index (χ0n) is 12.2. The number of ether oxygens (including phenoxy) is 1. The average molecular weight is 284 g/mol. The van der Waals surface area contributed by atoms with Crippen molar-refractivity contribution >= 4 is 11.9 Å². The Morgan fingerprint density at radius 1 is 1.35 bits per heavy atom. The van der Waals surface area contributed by atoms with Crippen molar-refractivity contribution in [2.45, 2.75) is 32.7 Å². The fourth-order valence-electron chi connectivity index (χ4n) is 3.00. The highest BCUT2D eigenvalue weighted by molar-refractivity contribution is 5.80. The first kappa shape index (κ1) is 15.3. The molecule has 2 fully saturated rings. The van der Waals surface area contributed by atoms with E-state index in [1.165, 1.54) is 0 Å². The van der Waals surface area contributed by atoms with Gasteiger partial charge in [-0.1, -0.05) is 0 Å². The molecule has 0 bridgehead atoms. The Balaban J connectivity index is 2.03. The molecular formula is C14H24N2O4. The molecule has 0 aromatic carbocycles. The van der Waals surface area contributed by atoms with Crippen molar-refractivity contribution in [2.24, 2.45) is 23.0 Å². The SMILES string of the molecule is CC(C)(C(=O)O)C1CCCN(C(=O)C2COCC2N)C1. The number of aliphatic carboxylic acids is 1. The maximum Gasteiger partial charge on any atom is 0.309 e. The first-order valence-electron chi connectivity index (χ1n) is 7.19. The third-order valence-electron chi connectivity index (χ3n) is 4.75. The number of hydrogen-bond donors (Lipinski definition) is 2. The topological polar surface area (TPSA) is 92.9 Å². The summed E-state index contributed by atoms with van der Waals surface area (Å²) in [6, 6.07) is -0.240. The summed E-state index contributed by atoms with van der Waals surface area (Å²) in [4.78, 5) is 25.6. The Morgan fingerprint density at radius 2 is 2.05 bits per heavy atom. The quantitative estimate of drug-likeness (QED) is 0.778. The summed E-state index contributed by atoms with van der Waals surface area (Å²) in [6.45, 7) is 5.46. The van der Waals surface area contributed by atoms with Crippen LogP contribution in [0.5, 0.6) is 0 Å². The van der Waals surface area contributed by atoms with Gasteiger partial charge in [0.05, 0.1) is 24.5 Å². The third kappa shape index (κ3) is 2.81. The maximum atomic E-state index is 12.5. The lowest BCUT2D eigenvalue weighted by molar-refractivity contribution is -0.153. The van der Waals surface area contributed by atoms with Gasteiger partial charge in [-0.2, -0.15) is 0 Å². The molecule has 2 saturated heterocycles. The van der Waals surface area contributed by atoms with E-state index in [0.29, 0.717) is 26.3 Å². The molecule has 3 unspecified atom stereocenters. The van der Waals surface area contributed by atoms with Gasteiger partial charge in [0.2, 0.25) is 5.91 Å². The normalized spacial score (nSPS) is 31.4. The Bertz CT molecular complexity index is 397.